The Labute approximate surface area is 126 Å². The van der Waals surface area contributed by atoms with Gasteiger partial charge in [-0.2, -0.15) is 0 Å². The fourth-order valence-corrected chi connectivity index (χ4v) is 4.04. The second-order valence-electron chi connectivity index (χ2n) is 5.31. The van der Waals surface area contributed by atoms with E-state index in [-0.39, 0.29) is 11.8 Å². The van der Waals surface area contributed by atoms with Crippen LogP contribution in [0.25, 0.3) is 0 Å². The summed E-state index contributed by atoms with van der Waals surface area (Å²) in [5.41, 5.74) is 0.903. The van der Waals surface area contributed by atoms with Crippen molar-refractivity contribution in [3.05, 3.63) is 34.9 Å². The van der Waals surface area contributed by atoms with Crippen LogP contribution in [0.2, 0.25) is 5.02 Å². The minimum absolute atomic E-state index is 0.0792. The molecule has 1 fully saturated rings. The molecular weight excluding hydrogens is 296 g/mol. The summed E-state index contributed by atoms with van der Waals surface area (Å²) in [7, 11) is -1.62. The third kappa shape index (κ3) is 4.45. The quantitative estimate of drug-likeness (QED) is 0.906. The monoisotopic (exact) mass is 316 g/mol. The topological polar surface area (TPSA) is 49.4 Å². The number of halogens is 1. The van der Waals surface area contributed by atoms with Crippen LogP contribution in [-0.4, -0.2) is 38.1 Å². The normalized spacial score (nSPS) is 20.2. The van der Waals surface area contributed by atoms with Gasteiger partial charge in [0.25, 0.3) is 0 Å². The van der Waals surface area contributed by atoms with Crippen molar-refractivity contribution in [2.45, 2.75) is 31.8 Å². The molecule has 1 aliphatic heterocycles. The molecule has 0 aromatic heterocycles. The molecule has 4 nitrogen and oxygen atoms in total. The number of nitrogens with one attached hydrogen (secondary N) is 1. The van der Waals surface area contributed by atoms with Crippen molar-refractivity contribution < 1.29 is 8.42 Å². The van der Waals surface area contributed by atoms with Crippen molar-refractivity contribution in [3.8, 4) is 0 Å². The summed E-state index contributed by atoms with van der Waals surface area (Å²) in [4.78, 5) is 0. The molecule has 0 aliphatic carbocycles. The zero-order chi connectivity index (χ0) is 14.6. The van der Waals surface area contributed by atoms with Crippen LogP contribution in [0, 0.1) is 0 Å². The van der Waals surface area contributed by atoms with E-state index in [0.29, 0.717) is 11.6 Å². The van der Waals surface area contributed by atoms with E-state index in [1.165, 1.54) is 4.31 Å². The van der Waals surface area contributed by atoms with Crippen molar-refractivity contribution >= 4 is 21.6 Å². The predicted molar refractivity (Wildman–Crippen MR) is 82.3 cm³/mol. The summed E-state index contributed by atoms with van der Waals surface area (Å²) in [5, 5.41) is 3.90. The van der Waals surface area contributed by atoms with Crippen LogP contribution < -0.4 is 5.32 Å². The van der Waals surface area contributed by atoms with E-state index in [0.717, 1.165) is 31.4 Å². The van der Waals surface area contributed by atoms with Crippen LogP contribution in [0.5, 0.6) is 0 Å². The highest BCUT2D eigenvalue weighted by Gasteiger charge is 2.24. The Hall–Kier alpha value is -0.620. The Morgan fingerprint density at radius 2 is 2.20 bits per heavy atom. The molecule has 1 atom stereocenters. The van der Waals surface area contributed by atoms with Gasteiger partial charge in [-0.15, -0.1) is 0 Å². The lowest BCUT2D eigenvalue weighted by molar-refractivity contribution is 0.408. The first-order valence-corrected chi connectivity index (χ1v) is 8.88. The second-order valence-corrected chi connectivity index (χ2v) is 7.87. The van der Waals surface area contributed by atoms with Crippen molar-refractivity contribution in [2.24, 2.45) is 0 Å². The van der Waals surface area contributed by atoms with Crippen LogP contribution in [-0.2, 0) is 16.6 Å². The van der Waals surface area contributed by atoms with Gasteiger partial charge in [0.15, 0.2) is 0 Å². The first-order valence-electron chi connectivity index (χ1n) is 6.89. The molecule has 2 rings (SSSR count). The fraction of sp³-hybridized carbons (Fsp3) is 0.571. The number of hydrogen-bond donors (Lipinski definition) is 1. The number of sulfonamides is 1. The standard InChI is InChI=1S/C14H21ClN2O2S/c1-17(10-12-5-4-6-13(15)9-12)20(18,19)11-14-7-2-3-8-16-14/h4-6,9,14,16H,2-3,7-8,10-11H2,1H3. The molecule has 20 heavy (non-hydrogen) atoms. The largest absolute Gasteiger partial charge is 0.313 e. The lowest BCUT2D eigenvalue weighted by Gasteiger charge is -2.26. The Balaban J connectivity index is 1.97. The summed E-state index contributed by atoms with van der Waals surface area (Å²) < 4.78 is 26.1. The van der Waals surface area contributed by atoms with Gasteiger partial charge in [-0.25, -0.2) is 12.7 Å². The first kappa shape index (κ1) is 15.8. The summed E-state index contributed by atoms with van der Waals surface area (Å²) in [6, 6.07) is 7.38. The highest BCUT2D eigenvalue weighted by molar-refractivity contribution is 7.89. The fourth-order valence-electron chi connectivity index (χ4n) is 2.44. The van der Waals surface area contributed by atoms with Crippen molar-refractivity contribution in [1.29, 1.82) is 0 Å². The maximum Gasteiger partial charge on any atom is 0.215 e. The predicted octanol–water partition coefficient (Wildman–Crippen LogP) is 2.24. The van der Waals surface area contributed by atoms with Gasteiger partial charge in [0.1, 0.15) is 0 Å². The van der Waals surface area contributed by atoms with Gasteiger partial charge in [0.05, 0.1) is 5.75 Å². The van der Waals surface area contributed by atoms with E-state index in [9.17, 15) is 8.42 Å². The van der Waals surface area contributed by atoms with Crippen LogP contribution in [0.15, 0.2) is 24.3 Å². The average molecular weight is 317 g/mol. The van der Waals surface area contributed by atoms with E-state index >= 15 is 0 Å². The highest BCUT2D eigenvalue weighted by atomic mass is 35.5. The lowest BCUT2D eigenvalue weighted by atomic mass is 10.1. The number of benzene rings is 1. The van der Waals surface area contributed by atoms with Gasteiger partial charge < -0.3 is 5.32 Å². The number of piperidine rings is 1. The molecule has 0 spiro atoms. The van der Waals surface area contributed by atoms with E-state index in [1.807, 2.05) is 12.1 Å². The molecule has 0 bridgehead atoms. The molecule has 0 saturated carbocycles. The minimum Gasteiger partial charge on any atom is -0.313 e. The first-order chi connectivity index (χ1) is 9.47. The van der Waals surface area contributed by atoms with Gasteiger partial charge in [0.2, 0.25) is 10.0 Å². The highest BCUT2D eigenvalue weighted by Crippen LogP contribution is 2.15. The van der Waals surface area contributed by atoms with E-state index < -0.39 is 10.0 Å². The molecule has 1 N–H and O–H groups in total. The Bertz CT molecular complexity index is 542. The molecular formula is C14H21ClN2O2S. The molecule has 1 aromatic carbocycles. The summed E-state index contributed by atoms with van der Waals surface area (Å²) >= 11 is 5.92. The molecule has 112 valence electrons. The molecule has 1 aliphatic rings. The molecule has 0 radical (unpaired) electrons. The maximum absolute atomic E-state index is 12.3. The Kier molecular flexibility index (Phi) is 5.43. The summed E-state index contributed by atoms with van der Waals surface area (Å²) in [5.74, 6) is 0.171. The zero-order valence-corrected chi connectivity index (χ0v) is 13.3. The van der Waals surface area contributed by atoms with Crippen molar-refractivity contribution in [3.63, 3.8) is 0 Å². The third-order valence-electron chi connectivity index (χ3n) is 3.59. The maximum atomic E-state index is 12.3. The van der Waals surface area contributed by atoms with Gasteiger partial charge in [-0.3, -0.25) is 0 Å². The summed E-state index contributed by atoms with van der Waals surface area (Å²) in [6.45, 7) is 1.27. The van der Waals surface area contributed by atoms with E-state index in [4.69, 9.17) is 11.6 Å². The molecule has 6 heteroatoms. The third-order valence-corrected chi connectivity index (χ3v) is 5.73. The minimum atomic E-state index is -3.24. The van der Waals surface area contributed by atoms with Gasteiger partial charge in [-0.1, -0.05) is 30.2 Å². The number of rotatable bonds is 5. The van der Waals surface area contributed by atoms with E-state index in [2.05, 4.69) is 5.32 Å². The summed E-state index contributed by atoms with van der Waals surface area (Å²) in [6.07, 6.45) is 3.17. The molecule has 1 unspecified atom stereocenters. The molecule has 1 saturated heterocycles. The lowest BCUT2D eigenvalue weighted by Crippen LogP contribution is -2.43. The Morgan fingerprint density at radius 1 is 1.40 bits per heavy atom. The van der Waals surface area contributed by atoms with Crippen LogP contribution in [0.4, 0.5) is 0 Å². The number of hydrogen-bond acceptors (Lipinski definition) is 3. The van der Waals surface area contributed by atoms with Crippen molar-refractivity contribution in [1.82, 2.24) is 9.62 Å². The molecule has 1 heterocycles. The van der Waals surface area contributed by atoms with Crippen molar-refractivity contribution in [2.75, 3.05) is 19.3 Å². The molecule has 1 aromatic rings. The smallest absolute Gasteiger partial charge is 0.215 e. The van der Waals surface area contributed by atoms with Crippen LogP contribution in [0.3, 0.4) is 0 Å². The van der Waals surface area contributed by atoms with Crippen LogP contribution >= 0.6 is 11.6 Å². The van der Waals surface area contributed by atoms with Gasteiger partial charge >= 0.3 is 0 Å². The van der Waals surface area contributed by atoms with E-state index in [1.54, 1.807) is 19.2 Å². The van der Waals surface area contributed by atoms with Crippen LogP contribution in [0.1, 0.15) is 24.8 Å². The SMILES string of the molecule is CN(Cc1cccc(Cl)c1)S(=O)(=O)CC1CCCCN1. The average Bonchev–Trinajstić information content (AvgIpc) is 2.39. The second kappa shape index (κ2) is 6.89. The zero-order valence-electron chi connectivity index (χ0n) is 11.7. The number of nitrogens with zero attached hydrogens (tertiary/aromatic N) is 1. The Morgan fingerprint density at radius 3 is 2.85 bits per heavy atom. The van der Waals surface area contributed by atoms with Gasteiger partial charge in [0, 0.05) is 24.7 Å². The molecule has 0 amide bonds. The van der Waals surface area contributed by atoms with Gasteiger partial charge in [-0.05, 0) is 37.1 Å².